The van der Waals surface area contributed by atoms with Crippen LogP contribution < -0.4 is 10.5 Å². The Morgan fingerprint density at radius 3 is 2.89 bits per heavy atom. The average Bonchev–Trinajstić information content (AvgIpc) is 2.67. The second kappa shape index (κ2) is 5.59. The first-order chi connectivity index (χ1) is 8.57. The first-order valence-corrected chi connectivity index (χ1v) is 6.49. The highest BCUT2D eigenvalue weighted by molar-refractivity contribution is 5.51. The summed E-state index contributed by atoms with van der Waals surface area (Å²) in [4.78, 5) is 2.28. The minimum Gasteiger partial charge on any atom is -0.491 e. The van der Waals surface area contributed by atoms with E-state index in [1.807, 2.05) is 31.2 Å². The first kappa shape index (κ1) is 13.2. The standard InChI is InChI=1S/C14H22N2O2/c1-14(17)7-9-16(11-14)8-4-10-18-13-6-3-2-5-12(13)15/h2-3,5-6,17H,4,7-11,15H2,1H3. The average molecular weight is 250 g/mol. The summed E-state index contributed by atoms with van der Waals surface area (Å²) in [5.41, 5.74) is 5.96. The van der Waals surface area contributed by atoms with Crippen molar-refractivity contribution in [2.75, 3.05) is 32.0 Å². The van der Waals surface area contributed by atoms with E-state index in [0.717, 1.165) is 38.2 Å². The molecule has 100 valence electrons. The van der Waals surface area contributed by atoms with Gasteiger partial charge in [0.25, 0.3) is 0 Å². The third kappa shape index (κ3) is 3.62. The van der Waals surface area contributed by atoms with Gasteiger partial charge in [0.05, 0.1) is 17.9 Å². The summed E-state index contributed by atoms with van der Waals surface area (Å²) in [6, 6.07) is 7.54. The van der Waals surface area contributed by atoms with Crippen LogP contribution in [0, 0.1) is 0 Å². The second-order valence-electron chi connectivity index (χ2n) is 5.26. The van der Waals surface area contributed by atoms with E-state index in [1.54, 1.807) is 0 Å². The van der Waals surface area contributed by atoms with Gasteiger partial charge in [-0.15, -0.1) is 0 Å². The van der Waals surface area contributed by atoms with Crippen molar-refractivity contribution in [3.05, 3.63) is 24.3 Å². The molecule has 0 saturated carbocycles. The molecule has 1 unspecified atom stereocenters. The van der Waals surface area contributed by atoms with E-state index >= 15 is 0 Å². The summed E-state index contributed by atoms with van der Waals surface area (Å²) in [6.07, 6.45) is 1.81. The van der Waals surface area contributed by atoms with Gasteiger partial charge in [0, 0.05) is 19.6 Å². The van der Waals surface area contributed by atoms with Crippen molar-refractivity contribution < 1.29 is 9.84 Å². The summed E-state index contributed by atoms with van der Waals surface area (Å²) in [5.74, 6) is 0.755. The number of β-amino-alcohol motifs (C(OH)–C–C–N with tert-alkyl or cyclic N) is 1. The lowest BCUT2D eigenvalue weighted by molar-refractivity contribution is 0.0681. The largest absolute Gasteiger partial charge is 0.491 e. The van der Waals surface area contributed by atoms with Gasteiger partial charge in [-0.05, 0) is 31.9 Å². The maximum atomic E-state index is 9.85. The second-order valence-corrected chi connectivity index (χ2v) is 5.26. The Hall–Kier alpha value is -1.26. The normalized spacial score (nSPS) is 24.3. The minimum absolute atomic E-state index is 0.509. The highest BCUT2D eigenvalue weighted by atomic mass is 16.5. The van der Waals surface area contributed by atoms with Crippen molar-refractivity contribution in [2.24, 2.45) is 0 Å². The summed E-state index contributed by atoms with van der Waals surface area (Å²) in [7, 11) is 0. The van der Waals surface area contributed by atoms with E-state index in [2.05, 4.69) is 4.90 Å². The number of hydrogen-bond donors (Lipinski definition) is 2. The molecule has 4 nitrogen and oxygen atoms in total. The van der Waals surface area contributed by atoms with Crippen LogP contribution in [0.15, 0.2) is 24.3 Å². The maximum absolute atomic E-state index is 9.85. The Balaban J connectivity index is 1.67. The van der Waals surface area contributed by atoms with E-state index < -0.39 is 5.60 Å². The van der Waals surface area contributed by atoms with Gasteiger partial charge < -0.3 is 20.5 Å². The van der Waals surface area contributed by atoms with Crippen molar-refractivity contribution in [1.29, 1.82) is 0 Å². The summed E-state index contributed by atoms with van der Waals surface area (Å²) >= 11 is 0. The van der Waals surface area contributed by atoms with Crippen LogP contribution in [0.2, 0.25) is 0 Å². The summed E-state index contributed by atoms with van der Waals surface area (Å²) < 4.78 is 5.63. The predicted molar refractivity (Wildman–Crippen MR) is 72.6 cm³/mol. The van der Waals surface area contributed by atoms with Crippen LogP contribution in [0.1, 0.15) is 19.8 Å². The van der Waals surface area contributed by atoms with Gasteiger partial charge in [-0.3, -0.25) is 0 Å². The number of likely N-dealkylation sites (tertiary alicyclic amines) is 1. The van der Waals surface area contributed by atoms with E-state index in [4.69, 9.17) is 10.5 Å². The van der Waals surface area contributed by atoms with E-state index in [0.29, 0.717) is 12.3 Å². The van der Waals surface area contributed by atoms with Crippen molar-refractivity contribution in [2.45, 2.75) is 25.4 Å². The van der Waals surface area contributed by atoms with Crippen molar-refractivity contribution in [3.63, 3.8) is 0 Å². The summed E-state index contributed by atoms with van der Waals surface area (Å²) in [5, 5.41) is 9.85. The molecule has 1 aliphatic rings. The predicted octanol–water partition coefficient (Wildman–Crippen LogP) is 1.49. The summed E-state index contributed by atoms with van der Waals surface area (Å²) in [6.45, 7) is 5.25. The molecule has 1 aliphatic heterocycles. The zero-order valence-corrected chi connectivity index (χ0v) is 10.9. The van der Waals surface area contributed by atoms with Crippen molar-refractivity contribution in [1.82, 2.24) is 4.90 Å². The zero-order chi connectivity index (χ0) is 13.0. The number of para-hydroxylation sites is 2. The maximum Gasteiger partial charge on any atom is 0.142 e. The Labute approximate surface area is 108 Å². The lowest BCUT2D eigenvalue weighted by Crippen LogP contribution is -2.30. The fourth-order valence-corrected chi connectivity index (χ4v) is 2.31. The highest BCUT2D eigenvalue weighted by Crippen LogP contribution is 2.21. The molecule has 18 heavy (non-hydrogen) atoms. The molecule has 2 rings (SSSR count). The van der Waals surface area contributed by atoms with Crippen LogP contribution >= 0.6 is 0 Å². The number of anilines is 1. The van der Waals surface area contributed by atoms with E-state index in [-0.39, 0.29) is 0 Å². The molecule has 0 spiro atoms. The molecular formula is C14H22N2O2. The molecular weight excluding hydrogens is 228 g/mol. The lowest BCUT2D eigenvalue weighted by Gasteiger charge is -2.18. The molecule has 0 aliphatic carbocycles. The molecule has 0 bridgehead atoms. The fourth-order valence-electron chi connectivity index (χ4n) is 2.31. The third-order valence-corrected chi connectivity index (χ3v) is 3.33. The Kier molecular flexibility index (Phi) is 4.09. The lowest BCUT2D eigenvalue weighted by atomic mass is 10.1. The Morgan fingerprint density at radius 1 is 1.44 bits per heavy atom. The molecule has 1 atom stereocenters. The highest BCUT2D eigenvalue weighted by Gasteiger charge is 2.30. The van der Waals surface area contributed by atoms with Crippen LogP contribution in [-0.2, 0) is 0 Å². The number of nitrogens with zero attached hydrogens (tertiary/aromatic N) is 1. The van der Waals surface area contributed by atoms with Gasteiger partial charge in [-0.1, -0.05) is 12.1 Å². The smallest absolute Gasteiger partial charge is 0.142 e. The Bertz CT molecular complexity index is 393. The molecule has 3 N–H and O–H groups in total. The third-order valence-electron chi connectivity index (χ3n) is 3.33. The van der Waals surface area contributed by atoms with Gasteiger partial charge in [0.1, 0.15) is 5.75 Å². The topological polar surface area (TPSA) is 58.7 Å². The van der Waals surface area contributed by atoms with E-state index in [9.17, 15) is 5.11 Å². The van der Waals surface area contributed by atoms with Crippen molar-refractivity contribution >= 4 is 5.69 Å². The number of aliphatic hydroxyl groups is 1. The quantitative estimate of drug-likeness (QED) is 0.614. The molecule has 1 aromatic rings. The molecule has 0 radical (unpaired) electrons. The number of hydrogen-bond acceptors (Lipinski definition) is 4. The molecule has 0 amide bonds. The number of ether oxygens (including phenoxy) is 1. The SMILES string of the molecule is CC1(O)CCN(CCCOc2ccccc2N)C1. The minimum atomic E-state index is -0.509. The number of benzene rings is 1. The zero-order valence-electron chi connectivity index (χ0n) is 10.9. The van der Waals surface area contributed by atoms with Gasteiger partial charge in [0.2, 0.25) is 0 Å². The van der Waals surface area contributed by atoms with Crippen LogP contribution in [0.3, 0.4) is 0 Å². The van der Waals surface area contributed by atoms with Crippen LogP contribution in [0.25, 0.3) is 0 Å². The Morgan fingerprint density at radius 2 is 2.22 bits per heavy atom. The number of nitrogens with two attached hydrogens (primary N) is 1. The molecule has 4 heteroatoms. The van der Waals surface area contributed by atoms with Crippen LogP contribution in [0.4, 0.5) is 5.69 Å². The monoisotopic (exact) mass is 250 g/mol. The van der Waals surface area contributed by atoms with Gasteiger partial charge >= 0.3 is 0 Å². The fraction of sp³-hybridized carbons (Fsp3) is 0.571. The number of rotatable bonds is 5. The molecule has 0 aromatic heterocycles. The molecule has 1 heterocycles. The molecule has 1 fully saturated rings. The van der Waals surface area contributed by atoms with Crippen molar-refractivity contribution in [3.8, 4) is 5.75 Å². The molecule has 1 aromatic carbocycles. The van der Waals surface area contributed by atoms with Crippen LogP contribution in [-0.4, -0.2) is 41.8 Å². The van der Waals surface area contributed by atoms with Gasteiger partial charge in [0.15, 0.2) is 0 Å². The molecule has 1 saturated heterocycles. The van der Waals surface area contributed by atoms with Crippen LogP contribution in [0.5, 0.6) is 5.75 Å². The van der Waals surface area contributed by atoms with E-state index in [1.165, 1.54) is 0 Å². The van der Waals surface area contributed by atoms with Gasteiger partial charge in [-0.25, -0.2) is 0 Å². The first-order valence-electron chi connectivity index (χ1n) is 6.49. The van der Waals surface area contributed by atoms with Gasteiger partial charge in [-0.2, -0.15) is 0 Å². The number of nitrogen functional groups attached to an aromatic ring is 1.